The number of esters is 1. The fraction of sp³-hybridized carbons (Fsp3) is 0.625. The van der Waals surface area contributed by atoms with Gasteiger partial charge in [-0.2, -0.15) is 5.10 Å². The van der Waals surface area contributed by atoms with Crippen LogP contribution in [0.15, 0.2) is 12.1 Å². The molecule has 0 unspecified atom stereocenters. The van der Waals surface area contributed by atoms with Crippen molar-refractivity contribution in [2.75, 3.05) is 46.1 Å². The zero-order chi connectivity index (χ0) is 31.5. The van der Waals surface area contributed by atoms with Crippen LogP contribution in [0, 0.1) is 6.92 Å². The van der Waals surface area contributed by atoms with Gasteiger partial charge in [-0.1, -0.05) is 38.4 Å². The minimum absolute atomic E-state index is 0.127. The number of carbonyl (C=O) groups is 1. The Bertz CT molecular complexity index is 1420. The highest BCUT2D eigenvalue weighted by Gasteiger charge is 2.37. The Morgan fingerprint density at radius 2 is 1.93 bits per heavy atom. The summed E-state index contributed by atoms with van der Waals surface area (Å²) in [6.45, 7) is 19.8. The first kappa shape index (κ1) is 33.7. The lowest BCUT2D eigenvalue weighted by molar-refractivity contribution is 0.0297. The number of nitrogens with one attached hydrogen (secondary N) is 1. The molecule has 2 N–H and O–H groups in total. The smallest absolute Gasteiger partial charge is 0.355 e. The number of hydrogen-bond acceptors (Lipinski definition) is 7. The number of ether oxygens (including phenoxy) is 2. The molecular formula is C32H49ClN4O5Si. The van der Waals surface area contributed by atoms with Crippen molar-refractivity contribution in [3.8, 4) is 11.1 Å². The number of aromatic nitrogens is 3. The van der Waals surface area contributed by atoms with E-state index in [1.54, 1.807) is 11.6 Å². The van der Waals surface area contributed by atoms with Crippen LogP contribution in [-0.4, -0.2) is 85.1 Å². The number of morpholine rings is 1. The maximum absolute atomic E-state index is 13.2. The van der Waals surface area contributed by atoms with Crippen molar-refractivity contribution in [3.05, 3.63) is 39.8 Å². The quantitative estimate of drug-likeness (QED) is 0.135. The van der Waals surface area contributed by atoms with Crippen LogP contribution in [-0.2, 0) is 27.4 Å². The third-order valence-electron chi connectivity index (χ3n) is 9.10. The Morgan fingerprint density at radius 1 is 1.23 bits per heavy atom. The van der Waals surface area contributed by atoms with E-state index in [4.69, 9.17) is 30.6 Å². The molecule has 43 heavy (non-hydrogen) atoms. The Balaban J connectivity index is 1.71. The Labute approximate surface area is 262 Å². The van der Waals surface area contributed by atoms with Crippen molar-refractivity contribution in [3.63, 3.8) is 0 Å². The normalized spacial score (nSPS) is 15.8. The third kappa shape index (κ3) is 7.37. The van der Waals surface area contributed by atoms with Gasteiger partial charge in [0.1, 0.15) is 5.69 Å². The predicted molar refractivity (Wildman–Crippen MR) is 175 cm³/mol. The highest BCUT2D eigenvalue weighted by molar-refractivity contribution is 6.74. The first-order valence-corrected chi connectivity index (χ1v) is 18.7. The molecule has 1 saturated heterocycles. The van der Waals surface area contributed by atoms with Crippen molar-refractivity contribution in [2.24, 2.45) is 7.05 Å². The van der Waals surface area contributed by atoms with Crippen molar-refractivity contribution in [1.82, 2.24) is 19.7 Å². The number of aliphatic hydroxyl groups excluding tert-OH is 1. The largest absolute Gasteiger partial charge is 0.461 e. The molecule has 1 fully saturated rings. The number of aromatic amines is 1. The fourth-order valence-corrected chi connectivity index (χ4v) is 6.75. The van der Waals surface area contributed by atoms with Crippen LogP contribution in [0.1, 0.15) is 74.1 Å². The zero-order valence-corrected chi connectivity index (χ0v) is 28.9. The minimum atomic E-state index is -1.89. The number of halogens is 1. The lowest BCUT2D eigenvalue weighted by Crippen LogP contribution is -2.41. The molecule has 1 aliphatic rings. The molecule has 3 aromatic rings. The average Bonchev–Trinajstić information content (AvgIpc) is 3.47. The summed E-state index contributed by atoms with van der Waals surface area (Å²) in [6, 6.07) is 3.83. The van der Waals surface area contributed by atoms with Gasteiger partial charge in [0.25, 0.3) is 0 Å². The van der Waals surface area contributed by atoms with Crippen LogP contribution in [0.3, 0.4) is 0 Å². The van der Waals surface area contributed by atoms with E-state index < -0.39 is 20.4 Å². The molecule has 4 rings (SSSR count). The predicted octanol–water partition coefficient (Wildman–Crippen LogP) is 6.42. The molecule has 0 bridgehead atoms. The molecule has 9 nitrogen and oxygen atoms in total. The standard InChI is InChI=1S/C32H49ClN4O5Si/c1-9-41-31(39)29-22(11-10-18-42-43(7,8)32(3,4)5)23-12-13-24(33)27(28(23)34-29)26-21(2)36(6)35-30(26)25(38)14-15-37-16-19-40-20-17-37/h12-13,25,34,38H,9-11,14-20H2,1-8H3/t25-/m1/s1. The van der Waals surface area contributed by atoms with Crippen LogP contribution in [0.2, 0.25) is 23.2 Å². The lowest BCUT2D eigenvalue weighted by Gasteiger charge is -2.36. The fourth-order valence-electron chi connectivity index (χ4n) is 5.41. The number of nitrogens with zero attached hydrogens (tertiary/aromatic N) is 3. The van der Waals surface area contributed by atoms with E-state index in [9.17, 15) is 9.90 Å². The summed E-state index contributed by atoms with van der Waals surface area (Å²) in [4.78, 5) is 18.9. The number of aliphatic hydroxyl groups is 1. The van der Waals surface area contributed by atoms with E-state index in [2.05, 4.69) is 43.7 Å². The number of H-pyrrole nitrogens is 1. The van der Waals surface area contributed by atoms with E-state index in [0.29, 0.717) is 49.1 Å². The molecule has 0 aliphatic carbocycles. The Hall–Kier alpha value is -2.21. The topological polar surface area (TPSA) is 102 Å². The molecule has 238 valence electrons. The van der Waals surface area contributed by atoms with Gasteiger partial charge in [0.15, 0.2) is 8.32 Å². The zero-order valence-electron chi connectivity index (χ0n) is 27.1. The van der Waals surface area contributed by atoms with Crippen LogP contribution in [0.5, 0.6) is 0 Å². The first-order chi connectivity index (χ1) is 20.3. The molecule has 1 aliphatic heterocycles. The van der Waals surface area contributed by atoms with Gasteiger partial charge in [-0.25, -0.2) is 4.79 Å². The SMILES string of the molecule is CCOC(=O)c1[nH]c2c(-c3c([C@H](O)CCN4CCOCC4)nn(C)c3C)c(Cl)ccc2c1CCCO[Si](C)(C)C(C)(C)C. The van der Waals surface area contributed by atoms with Gasteiger partial charge >= 0.3 is 5.97 Å². The van der Waals surface area contributed by atoms with E-state index in [1.807, 2.05) is 26.1 Å². The van der Waals surface area contributed by atoms with Crippen molar-refractivity contribution < 1.29 is 23.8 Å². The molecular weight excluding hydrogens is 584 g/mol. The maximum atomic E-state index is 13.2. The number of aryl methyl sites for hydroxylation is 2. The van der Waals surface area contributed by atoms with Gasteiger partial charge in [0, 0.05) is 55.5 Å². The number of hydrogen-bond donors (Lipinski definition) is 2. The molecule has 0 amide bonds. The van der Waals surface area contributed by atoms with Crippen LogP contribution in [0.4, 0.5) is 0 Å². The molecule has 3 heterocycles. The van der Waals surface area contributed by atoms with E-state index in [-0.39, 0.29) is 11.6 Å². The van der Waals surface area contributed by atoms with Gasteiger partial charge in [-0.05, 0) is 62.9 Å². The summed E-state index contributed by atoms with van der Waals surface area (Å²) in [7, 11) is -0.0150. The summed E-state index contributed by atoms with van der Waals surface area (Å²) in [5.41, 5.74) is 5.06. The van der Waals surface area contributed by atoms with Gasteiger partial charge in [-0.15, -0.1) is 0 Å². The molecule has 0 spiro atoms. The number of benzene rings is 1. The Morgan fingerprint density at radius 3 is 2.58 bits per heavy atom. The number of fused-ring (bicyclic) bond motifs is 1. The second-order valence-electron chi connectivity index (χ2n) is 13.0. The van der Waals surface area contributed by atoms with E-state index in [0.717, 1.165) is 59.3 Å². The first-order valence-electron chi connectivity index (χ1n) is 15.4. The van der Waals surface area contributed by atoms with Crippen LogP contribution < -0.4 is 0 Å². The second kappa shape index (κ2) is 13.8. The minimum Gasteiger partial charge on any atom is -0.461 e. The summed E-state index contributed by atoms with van der Waals surface area (Å²) in [6.07, 6.45) is 1.16. The van der Waals surface area contributed by atoms with Crippen LogP contribution >= 0.6 is 11.6 Å². The van der Waals surface area contributed by atoms with Gasteiger partial charge in [0.2, 0.25) is 0 Å². The van der Waals surface area contributed by atoms with Gasteiger partial charge < -0.3 is 24.0 Å². The van der Waals surface area contributed by atoms with Crippen molar-refractivity contribution >= 4 is 36.8 Å². The molecule has 11 heteroatoms. The molecule has 1 aromatic carbocycles. The average molecular weight is 633 g/mol. The summed E-state index contributed by atoms with van der Waals surface area (Å²) < 4.78 is 19.1. The van der Waals surface area contributed by atoms with Crippen molar-refractivity contribution in [2.45, 2.75) is 78.1 Å². The molecule has 1 atom stereocenters. The highest BCUT2D eigenvalue weighted by Crippen LogP contribution is 2.42. The summed E-state index contributed by atoms with van der Waals surface area (Å²) >= 11 is 6.92. The van der Waals surface area contributed by atoms with Crippen LogP contribution in [0.25, 0.3) is 22.0 Å². The second-order valence-corrected chi connectivity index (χ2v) is 18.2. The monoisotopic (exact) mass is 632 g/mol. The highest BCUT2D eigenvalue weighted by atomic mass is 35.5. The number of rotatable bonds is 12. The van der Waals surface area contributed by atoms with E-state index >= 15 is 0 Å². The molecule has 0 saturated carbocycles. The Kier molecular flexibility index (Phi) is 10.8. The third-order valence-corrected chi connectivity index (χ3v) is 14.0. The molecule has 2 aromatic heterocycles. The lowest BCUT2D eigenvalue weighted by atomic mass is 9.96. The van der Waals surface area contributed by atoms with Gasteiger partial charge in [0.05, 0.1) is 42.2 Å². The number of carbonyl (C=O) groups excluding carboxylic acids is 1. The van der Waals surface area contributed by atoms with Gasteiger partial charge in [-0.3, -0.25) is 9.58 Å². The molecule has 0 radical (unpaired) electrons. The van der Waals surface area contributed by atoms with E-state index in [1.165, 1.54) is 0 Å². The van der Waals surface area contributed by atoms with Crippen molar-refractivity contribution in [1.29, 1.82) is 0 Å². The maximum Gasteiger partial charge on any atom is 0.355 e. The summed E-state index contributed by atoms with van der Waals surface area (Å²) in [5, 5.41) is 17.7. The summed E-state index contributed by atoms with van der Waals surface area (Å²) in [5.74, 6) is -0.394.